The Balaban J connectivity index is 1.97. The molecule has 126 valence electrons. The number of nitrogens with one attached hydrogen (secondary N) is 1. The molecule has 1 aliphatic carbocycles. The molecule has 1 aromatic rings. The predicted molar refractivity (Wildman–Crippen MR) is 72.6 cm³/mol. The van der Waals surface area contributed by atoms with Crippen LogP contribution in [0.5, 0.6) is 0 Å². The van der Waals surface area contributed by atoms with Gasteiger partial charge in [-0.3, -0.25) is 4.79 Å². The van der Waals surface area contributed by atoms with Gasteiger partial charge in [0, 0.05) is 6.04 Å². The van der Waals surface area contributed by atoms with Gasteiger partial charge in [-0.25, -0.2) is 9.18 Å². The molecule has 1 fully saturated rings. The number of aromatic carboxylic acids is 1. The zero-order chi connectivity index (χ0) is 17.2. The predicted octanol–water partition coefficient (Wildman–Crippen LogP) is 3.37. The molecule has 1 amide bonds. The molecule has 23 heavy (non-hydrogen) atoms. The van der Waals surface area contributed by atoms with Gasteiger partial charge in [0.25, 0.3) is 5.91 Å². The number of halogens is 4. The van der Waals surface area contributed by atoms with E-state index < -0.39 is 35.8 Å². The van der Waals surface area contributed by atoms with Gasteiger partial charge < -0.3 is 10.4 Å². The Morgan fingerprint density at radius 1 is 1.13 bits per heavy atom. The van der Waals surface area contributed by atoms with Crippen molar-refractivity contribution in [2.24, 2.45) is 5.92 Å². The summed E-state index contributed by atoms with van der Waals surface area (Å²) in [6.45, 7) is 0. The first-order valence-electron chi connectivity index (χ1n) is 7.09. The Bertz CT molecular complexity index is 607. The van der Waals surface area contributed by atoms with E-state index in [1.54, 1.807) is 0 Å². The van der Waals surface area contributed by atoms with E-state index in [-0.39, 0.29) is 36.8 Å². The Morgan fingerprint density at radius 2 is 1.74 bits per heavy atom. The summed E-state index contributed by atoms with van der Waals surface area (Å²) in [5.41, 5.74) is -0.613. The number of rotatable bonds is 3. The highest BCUT2D eigenvalue weighted by Gasteiger charge is 2.41. The lowest BCUT2D eigenvalue weighted by molar-refractivity contribution is -0.182. The third-order valence-corrected chi connectivity index (χ3v) is 3.99. The van der Waals surface area contributed by atoms with E-state index in [9.17, 15) is 27.2 Å². The molecule has 0 spiro atoms. The summed E-state index contributed by atoms with van der Waals surface area (Å²) in [7, 11) is 0. The number of carbonyl (C=O) groups is 2. The standard InChI is InChI=1S/C15H15F4NO3/c16-12-7-8(14(22)23)1-6-11(12)13(21)20-10-4-2-9(3-5-10)15(17,18)19/h1,6-7,9-10H,2-5H2,(H,20,21)(H,22,23). The van der Waals surface area contributed by atoms with Crippen molar-refractivity contribution in [3.8, 4) is 0 Å². The van der Waals surface area contributed by atoms with Crippen molar-refractivity contribution in [1.82, 2.24) is 5.32 Å². The van der Waals surface area contributed by atoms with Crippen LogP contribution in [-0.4, -0.2) is 29.2 Å². The van der Waals surface area contributed by atoms with Gasteiger partial charge in [0.15, 0.2) is 0 Å². The SMILES string of the molecule is O=C(O)c1ccc(C(=O)NC2CCC(C(F)(F)F)CC2)c(F)c1. The van der Waals surface area contributed by atoms with E-state index in [2.05, 4.69) is 5.32 Å². The van der Waals surface area contributed by atoms with Crippen LogP contribution in [0.4, 0.5) is 17.6 Å². The number of hydrogen-bond donors (Lipinski definition) is 2. The molecule has 2 N–H and O–H groups in total. The third-order valence-electron chi connectivity index (χ3n) is 3.99. The van der Waals surface area contributed by atoms with Crippen molar-refractivity contribution in [3.05, 3.63) is 35.1 Å². The maximum Gasteiger partial charge on any atom is 0.391 e. The van der Waals surface area contributed by atoms with Crippen LogP contribution >= 0.6 is 0 Å². The second-order valence-corrected chi connectivity index (χ2v) is 5.56. The van der Waals surface area contributed by atoms with E-state index in [0.29, 0.717) is 0 Å². The molecule has 0 unspecified atom stereocenters. The van der Waals surface area contributed by atoms with Crippen molar-refractivity contribution in [2.75, 3.05) is 0 Å². The maximum absolute atomic E-state index is 13.8. The maximum atomic E-state index is 13.8. The first kappa shape index (κ1) is 17.2. The summed E-state index contributed by atoms with van der Waals surface area (Å²) < 4.78 is 51.5. The monoisotopic (exact) mass is 333 g/mol. The van der Waals surface area contributed by atoms with E-state index in [1.165, 1.54) is 0 Å². The number of hydrogen-bond acceptors (Lipinski definition) is 2. The van der Waals surface area contributed by atoms with Gasteiger partial charge >= 0.3 is 12.1 Å². The molecule has 0 atom stereocenters. The molecule has 0 heterocycles. The van der Waals surface area contributed by atoms with Gasteiger partial charge in [-0.2, -0.15) is 13.2 Å². The van der Waals surface area contributed by atoms with Crippen LogP contribution in [0.3, 0.4) is 0 Å². The first-order valence-corrected chi connectivity index (χ1v) is 7.09. The molecule has 0 aliphatic heterocycles. The van der Waals surface area contributed by atoms with Crippen LogP contribution in [-0.2, 0) is 0 Å². The van der Waals surface area contributed by atoms with E-state index in [1.807, 2.05) is 0 Å². The van der Waals surface area contributed by atoms with Crippen LogP contribution in [0.25, 0.3) is 0 Å². The third kappa shape index (κ3) is 4.20. The van der Waals surface area contributed by atoms with Crippen molar-refractivity contribution in [3.63, 3.8) is 0 Å². The number of carboxylic acids is 1. The normalized spacial score (nSPS) is 21.7. The fourth-order valence-corrected chi connectivity index (χ4v) is 2.66. The number of alkyl halides is 3. The molecular formula is C15H15F4NO3. The second kappa shape index (κ2) is 6.55. The largest absolute Gasteiger partial charge is 0.478 e. The summed E-state index contributed by atoms with van der Waals surface area (Å²) in [5.74, 6) is -4.41. The molecule has 0 saturated heterocycles. The van der Waals surface area contributed by atoms with Crippen molar-refractivity contribution in [2.45, 2.75) is 37.9 Å². The Kier molecular flexibility index (Phi) is 4.91. The quantitative estimate of drug-likeness (QED) is 0.834. The van der Waals surface area contributed by atoms with Crippen molar-refractivity contribution >= 4 is 11.9 Å². The zero-order valence-electron chi connectivity index (χ0n) is 12.0. The molecule has 0 bridgehead atoms. The topological polar surface area (TPSA) is 66.4 Å². The molecular weight excluding hydrogens is 318 g/mol. The Labute approximate surface area is 129 Å². The lowest BCUT2D eigenvalue weighted by Crippen LogP contribution is -2.40. The first-order chi connectivity index (χ1) is 10.7. The number of amides is 1. The summed E-state index contributed by atoms with van der Waals surface area (Å²) in [6.07, 6.45) is -4.03. The summed E-state index contributed by atoms with van der Waals surface area (Å²) in [4.78, 5) is 22.7. The molecule has 1 saturated carbocycles. The van der Waals surface area contributed by atoms with Gasteiger partial charge in [0.1, 0.15) is 5.82 Å². The number of carboxylic acid groups (broad SMARTS) is 1. The van der Waals surface area contributed by atoms with E-state index in [0.717, 1.165) is 18.2 Å². The highest BCUT2D eigenvalue weighted by Crippen LogP contribution is 2.37. The average molecular weight is 333 g/mol. The zero-order valence-corrected chi connectivity index (χ0v) is 12.0. The second-order valence-electron chi connectivity index (χ2n) is 5.56. The average Bonchev–Trinajstić information content (AvgIpc) is 2.46. The highest BCUT2D eigenvalue weighted by atomic mass is 19.4. The van der Waals surface area contributed by atoms with Crippen molar-refractivity contribution < 1.29 is 32.3 Å². The van der Waals surface area contributed by atoms with Crippen LogP contribution in [0, 0.1) is 11.7 Å². The van der Waals surface area contributed by atoms with Crippen LogP contribution in [0.15, 0.2) is 18.2 Å². The highest BCUT2D eigenvalue weighted by molar-refractivity contribution is 5.96. The minimum Gasteiger partial charge on any atom is -0.478 e. The van der Waals surface area contributed by atoms with Crippen LogP contribution in [0.2, 0.25) is 0 Å². The Morgan fingerprint density at radius 3 is 2.22 bits per heavy atom. The van der Waals surface area contributed by atoms with E-state index >= 15 is 0 Å². The van der Waals surface area contributed by atoms with Crippen LogP contribution in [0.1, 0.15) is 46.4 Å². The van der Waals surface area contributed by atoms with E-state index in [4.69, 9.17) is 5.11 Å². The molecule has 1 aliphatic rings. The van der Waals surface area contributed by atoms with Gasteiger partial charge in [0.05, 0.1) is 17.0 Å². The fraction of sp³-hybridized carbons (Fsp3) is 0.467. The smallest absolute Gasteiger partial charge is 0.391 e. The Hall–Kier alpha value is -2.12. The summed E-state index contributed by atoms with van der Waals surface area (Å²) >= 11 is 0. The minimum absolute atomic E-state index is 0.0745. The molecule has 4 nitrogen and oxygen atoms in total. The summed E-state index contributed by atoms with van der Waals surface area (Å²) in [6, 6.07) is 2.44. The molecule has 2 rings (SSSR count). The number of benzene rings is 1. The van der Waals surface area contributed by atoms with Gasteiger partial charge in [-0.1, -0.05) is 0 Å². The molecule has 0 aromatic heterocycles. The van der Waals surface area contributed by atoms with Gasteiger partial charge in [-0.15, -0.1) is 0 Å². The number of carbonyl (C=O) groups excluding carboxylic acids is 1. The lowest BCUT2D eigenvalue weighted by atomic mass is 9.85. The lowest BCUT2D eigenvalue weighted by Gasteiger charge is -2.30. The van der Waals surface area contributed by atoms with Crippen LogP contribution < -0.4 is 5.32 Å². The molecule has 0 radical (unpaired) electrons. The fourth-order valence-electron chi connectivity index (χ4n) is 2.66. The van der Waals surface area contributed by atoms with Crippen molar-refractivity contribution in [1.29, 1.82) is 0 Å². The molecule has 1 aromatic carbocycles. The van der Waals surface area contributed by atoms with Gasteiger partial charge in [0.2, 0.25) is 0 Å². The summed E-state index contributed by atoms with van der Waals surface area (Å²) in [5, 5.41) is 11.2. The minimum atomic E-state index is -4.23. The van der Waals surface area contributed by atoms with Gasteiger partial charge in [-0.05, 0) is 43.9 Å². The molecule has 8 heteroatoms.